The van der Waals surface area contributed by atoms with Crippen LogP contribution in [0, 0.1) is 5.92 Å². The monoisotopic (exact) mass is 275 g/mol. The average Bonchev–Trinajstić information content (AvgIpc) is 2.33. The second-order valence-corrected chi connectivity index (χ2v) is 4.86. The van der Waals surface area contributed by atoms with E-state index in [1.54, 1.807) is 0 Å². The number of rotatable bonds is 7. The van der Waals surface area contributed by atoms with Crippen LogP contribution in [0.5, 0.6) is 11.5 Å². The summed E-state index contributed by atoms with van der Waals surface area (Å²) >= 11 is 0. The molecule has 1 aromatic rings. The van der Waals surface area contributed by atoms with Gasteiger partial charge in [-0.1, -0.05) is 19.3 Å². The summed E-state index contributed by atoms with van der Waals surface area (Å²) in [6, 6.07) is 3.78. The molecule has 19 heavy (non-hydrogen) atoms. The molecule has 0 atom stereocenters. The lowest BCUT2D eigenvalue weighted by Crippen LogP contribution is -2.35. The normalized spacial score (nSPS) is 11.7. The minimum absolute atomic E-state index is 0.114. The van der Waals surface area contributed by atoms with E-state index in [-0.39, 0.29) is 11.5 Å². The molecule has 1 rings (SSSR count). The molecule has 0 radical (unpaired) electrons. The molecular formula is C13H19BF3O2-. The zero-order chi connectivity index (χ0) is 14.5. The summed E-state index contributed by atoms with van der Waals surface area (Å²) < 4.78 is 48.9. The predicted molar refractivity (Wildman–Crippen MR) is 71.3 cm³/mol. The molecular weight excluding hydrogens is 256 g/mol. The topological polar surface area (TPSA) is 18.5 Å². The van der Waals surface area contributed by atoms with Crippen LogP contribution in [0.2, 0.25) is 0 Å². The van der Waals surface area contributed by atoms with Gasteiger partial charge in [-0.2, -0.15) is 0 Å². The molecule has 1 aromatic carbocycles. The number of benzene rings is 1. The van der Waals surface area contributed by atoms with Gasteiger partial charge < -0.3 is 22.4 Å². The Balaban J connectivity index is 2.76. The molecule has 2 nitrogen and oxygen atoms in total. The quantitative estimate of drug-likeness (QED) is 0.559. The third-order valence-electron chi connectivity index (χ3n) is 2.75. The SMILES string of the molecule is COc1ccc(OCCCC(C)C)c([B-](F)(F)F)c1. The van der Waals surface area contributed by atoms with Crippen molar-refractivity contribution in [1.29, 1.82) is 0 Å². The standard InChI is InChI=1S/C13H19BF3O2/c1-10(2)5-4-8-19-13-7-6-11(18-3)9-12(13)14(15,16)17/h6-7,9-10H,4-5,8H2,1-3H3/q-1. The van der Waals surface area contributed by atoms with Crippen LogP contribution >= 0.6 is 0 Å². The molecule has 108 valence electrons. The molecule has 0 saturated heterocycles. The maximum atomic E-state index is 12.9. The van der Waals surface area contributed by atoms with E-state index in [9.17, 15) is 12.9 Å². The van der Waals surface area contributed by atoms with Gasteiger partial charge in [0.15, 0.2) is 0 Å². The molecule has 0 N–H and O–H groups in total. The number of hydrogen-bond acceptors (Lipinski definition) is 2. The van der Waals surface area contributed by atoms with Crippen molar-refractivity contribution in [3.8, 4) is 11.5 Å². The van der Waals surface area contributed by atoms with E-state index in [1.165, 1.54) is 19.2 Å². The predicted octanol–water partition coefficient (Wildman–Crippen LogP) is 3.56. The third kappa shape index (κ3) is 5.05. The Morgan fingerprint density at radius 2 is 1.89 bits per heavy atom. The smallest absolute Gasteiger partial charge is 0.497 e. The van der Waals surface area contributed by atoms with Gasteiger partial charge in [0.05, 0.1) is 19.5 Å². The molecule has 0 aliphatic heterocycles. The van der Waals surface area contributed by atoms with Crippen LogP contribution in [0.3, 0.4) is 0 Å². The lowest BCUT2D eigenvalue weighted by molar-refractivity contribution is 0.298. The van der Waals surface area contributed by atoms with Crippen molar-refractivity contribution in [2.24, 2.45) is 5.92 Å². The highest BCUT2D eigenvalue weighted by molar-refractivity contribution is 6.74. The van der Waals surface area contributed by atoms with Gasteiger partial charge in [0.1, 0.15) is 5.75 Å². The van der Waals surface area contributed by atoms with Gasteiger partial charge in [-0.25, -0.2) is 0 Å². The van der Waals surface area contributed by atoms with E-state index < -0.39 is 12.4 Å². The zero-order valence-electron chi connectivity index (χ0n) is 11.5. The third-order valence-corrected chi connectivity index (χ3v) is 2.75. The molecule has 0 aromatic heterocycles. The van der Waals surface area contributed by atoms with Gasteiger partial charge in [0.25, 0.3) is 0 Å². The summed E-state index contributed by atoms with van der Waals surface area (Å²) in [6.45, 7) is -0.675. The molecule has 0 saturated carbocycles. The highest BCUT2D eigenvalue weighted by Crippen LogP contribution is 2.22. The summed E-state index contributed by atoms with van der Waals surface area (Å²) in [4.78, 5) is 0. The van der Waals surface area contributed by atoms with Crippen molar-refractivity contribution in [2.45, 2.75) is 26.7 Å². The van der Waals surface area contributed by atoms with E-state index in [2.05, 4.69) is 13.8 Å². The molecule has 0 bridgehead atoms. The van der Waals surface area contributed by atoms with Gasteiger partial charge in [0, 0.05) is 0 Å². The van der Waals surface area contributed by atoms with Crippen LogP contribution in [0.1, 0.15) is 26.7 Å². The molecule has 0 fully saturated rings. The molecule has 0 amide bonds. The van der Waals surface area contributed by atoms with Gasteiger partial charge >= 0.3 is 6.98 Å². The minimum Gasteiger partial charge on any atom is -0.497 e. The van der Waals surface area contributed by atoms with Gasteiger partial charge in [-0.05, 0) is 37.0 Å². The number of hydrogen-bond donors (Lipinski definition) is 0. The van der Waals surface area contributed by atoms with Gasteiger partial charge in [0.2, 0.25) is 0 Å². The Hall–Kier alpha value is -1.33. The van der Waals surface area contributed by atoms with Crippen LogP contribution in [0.15, 0.2) is 18.2 Å². The Morgan fingerprint density at radius 1 is 1.21 bits per heavy atom. The Labute approximate surface area is 112 Å². The molecule has 0 aliphatic rings. The molecule has 0 heterocycles. The number of ether oxygens (including phenoxy) is 2. The van der Waals surface area contributed by atoms with Crippen molar-refractivity contribution in [1.82, 2.24) is 0 Å². The summed E-state index contributed by atoms with van der Waals surface area (Å²) in [5, 5.41) is 0. The van der Waals surface area contributed by atoms with Crippen LogP contribution in [0.4, 0.5) is 12.9 Å². The summed E-state index contributed by atoms with van der Waals surface area (Å²) in [5.41, 5.74) is -0.733. The number of halogens is 3. The summed E-state index contributed by atoms with van der Waals surface area (Å²) in [5.74, 6) is 0.589. The maximum Gasteiger partial charge on any atom is 0.513 e. The van der Waals surface area contributed by atoms with Gasteiger partial charge in [-0.15, -0.1) is 0 Å². The fourth-order valence-electron chi connectivity index (χ4n) is 1.71. The molecule has 0 aliphatic carbocycles. The maximum absolute atomic E-state index is 12.9. The number of methoxy groups -OCH3 is 1. The summed E-state index contributed by atoms with van der Waals surface area (Å²) in [7, 11) is 1.34. The summed E-state index contributed by atoms with van der Waals surface area (Å²) in [6.07, 6.45) is 1.68. The second-order valence-electron chi connectivity index (χ2n) is 4.86. The molecule has 0 unspecified atom stereocenters. The zero-order valence-corrected chi connectivity index (χ0v) is 11.5. The van der Waals surface area contributed by atoms with Crippen LogP contribution in [0.25, 0.3) is 0 Å². The van der Waals surface area contributed by atoms with E-state index in [0.29, 0.717) is 12.5 Å². The Bertz CT molecular complexity index is 405. The van der Waals surface area contributed by atoms with E-state index in [1.807, 2.05) is 0 Å². The first-order valence-electron chi connectivity index (χ1n) is 6.35. The van der Waals surface area contributed by atoms with E-state index in [4.69, 9.17) is 9.47 Å². The van der Waals surface area contributed by atoms with Gasteiger partial charge in [-0.3, -0.25) is 0 Å². The lowest BCUT2D eigenvalue weighted by atomic mass is 9.79. The van der Waals surface area contributed by atoms with Crippen molar-refractivity contribution < 1.29 is 22.4 Å². The van der Waals surface area contributed by atoms with Crippen molar-refractivity contribution in [3.63, 3.8) is 0 Å². The Kier molecular flexibility index (Phi) is 5.57. The van der Waals surface area contributed by atoms with Crippen molar-refractivity contribution in [2.75, 3.05) is 13.7 Å². The van der Waals surface area contributed by atoms with Crippen LogP contribution in [-0.4, -0.2) is 20.7 Å². The average molecular weight is 275 g/mol. The minimum atomic E-state index is -5.10. The molecule has 6 heteroatoms. The highest BCUT2D eigenvalue weighted by atomic mass is 19.4. The first kappa shape index (κ1) is 15.7. The molecule has 0 spiro atoms. The lowest BCUT2D eigenvalue weighted by Gasteiger charge is -2.20. The van der Waals surface area contributed by atoms with Crippen LogP contribution < -0.4 is 14.9 Å². The van der Waals surface area contributed by atoms with Crippen LogP contribution in [-0.2, 0) is 0 Å². The Morgan fingerprint density at radius 3 is 2.42 bits per heavy atom. The van der Waals surface area contributed by atoms with Crippen molar-refractivity contribution in [3.05, 3.63) is 18.2 Å². The first-order chi connectivity index (χ1) is 8.84. The largest absolute Gasteiger partial charge is 0.513 e. The fraction of sp³-hybridized carbons (Fsp3) is 0.538. The van der Waals surface area contributed by atoms with E-state index in [0.717, 1.165) is 18.9 Å². The van der Waals surface area contributed by atoms with E-state index >= 15 is 0 Å². The fourth-order valence-corrected chi connectivity index (χ4v) is 1.71. The second kappa shape index (κ2) is 6.73. The van der Waals surface area contributed by atoms with Crippen molar-refractivity contribution >= 4 is 12.4 Å². The highest BCUT2D eigenvalue weighted by Gasteiger charge is 2.29. The first-order valence-corrected chi connectivity index (χ1v) is 6.35.